The Morgan fingerprint density at radius 3 is 2.82 bits per heavy atom. The van der Waals surface area contributed by atoms with E-state index in [1.807, 2.05) is 6.08 Å². The summed E-state index contributed by atoms with van der Waals surface area (Å²) in [6, 6.07) is 0. The summed E-state index contributed by atoms with van der Waals surface area (Å²) in [6.07, 6.45) is 6.29. The Hall–Kier alpha value is -0.580. The minimum absolute atomic E-state index is 0.157. The smallest absolute Gasteiger partial charge is 0.238 e. The maximum Gasteiger partial charge on any atom is 0.238 e. The molecule has 1 aliphatic rings. The van der Waals surface area contributed by atoms with Crippen LogP contribution in [0.15, 0.2) is 12.2 Å². The zero-order valence-corrected chi connectivity index (χ0v) is 10.9. The van der Waals surface area contributed by atoms with Gasteiger partial charge >= 0.3 is 0 Å². The maximum atomic E-state index is 11.6. The third-order valence-electron chi connectivity index (χ3n) is 2.41. The number of allylic oxidation sites excluding steroid dienone is 2. The van der Waals surface area contributed by atoms with Gasteiger partial charge in [-0.15, -0.1) is 11.6 Å². The second-order valence-corrected chi connectivity index (χ2v) is 4.37. The number of hydrogen-bond donors (Lipinski definition) is 1. The van der Waals surface area contributed by atoms with Gasteiger partial charge in [0.25, 0.3) is 0 Å². The minimum Gasteiger partial charge on any atom is -0.350 e. The zero-order chi connectivity index (χ0) is 12.5. The Balaban J connectivity index is 2.10. The summed E-state index contributed by atoms with van der Waals surface area (Å²) in [7, 11) is 0. The molecule has 1 atom stereocenters. The lowest BCUT2D eigenvalue weighted by Crippen LogP contribution is -2.37. The summed E-state index contributed by atoms with van der Waals surface area (Å²) in [5, 5.41) is 2.23. The van der Waals surface area contributed by atoms with E-state index in [9.17, 15) is 4.79 Å². The molecule has 1 heterocycles. The lowest BCUT2D eigenvalue weighted by molar-refractivity contribution is -0.123. The van der Waals surface area contributed by atoms with E-state index < -0.39 is 5.38 Å². The molecule has 1 unspecified atom stereocenters. The van der Waals surface area contributed by atoms with Crippen LogP contribution in [0, 0.1) is 0 Å². The molecular formula is C12H20ClNO3. The highest BCUT2D eigenvalue weighted by Crippen LogP contribution is 2.07. The largest absolute Gasteiger partial charge is 0.350 e. The average Bonchev–Trinajstić information content (AvgIpc) is 2.84. The van der Waals surface area contributed by atoms with Crippen LogP contribution in [0.25, 0.3) is 0 Å². The molecule has 0 spiro atoms. The van der Waals surface area contributed by atoms with E-state index in [1.165, 1.54) is 0 Å². The number of hydrogen-bond acceptors (Lipinski definition) is 3. The second kappa shape index (κ2) is 8.50. The lowest BCUT2D eigenvalue weighted by atomic mass is 10.2. The fourth-order valence-electron chi connectivity index (χ4n) is 1.48. The van der Waals surface area contributed by atoms with Gasteiger partial charge in [-0.05, 0) is 19.3 Å². The van der Waals surface area contributed by atoms with E-state index in [-0.39, 0.29) is 12.2 Å². The Morgan fingerprint density at radius 1 is 1.47 bits per heavy atom. The highest BCUT2D eigenvalue weighted by atomic mass is 35.5. The highest BCUT2D eigenvalue weighted by Gasteiger charge is 2.19. The van der Waals surface area contributed by atoms with Crippen molar-refractivity contribution >= 4 is 17.5 Å². The van der Waals surface area contributed by atoms with Crippen LogP contribution in [0.1, 0.15) is 26.2 Å². The quantitative estimate of drug-likeness (QED) is 0.562. The molecule has 1 saturated heterocycles. The summed E-state index contributed by atoms with van der Waals surface area (Å²) >= 11 is 5.97. The number of amides is 1. The predicted molar refractivity (Wildman–Crippen MR) is 67.0 cm³/mol. The first kappa shape index (κ1) is 14.5. The van der Waals surface area contributed by atoms with Crippen molar-refractivity contribution in [3.63, 3.8) is 0 Å². The van der Waals surface area contributed by atoms with Crippen LogP contribution < -0.4 is 5.32 Å². The van der Waals surface area contributed by atoms with Crippen molar-refractivity contribution in [2.75, 3.05) is 19.8 Å². The predicted octanol–water partition coefficient (Wildman–Crippen LogP) is 1.83. The molecule has 0 aromatic rings. The van der Waals surface area contributed by atoms with Crippen LogP contribution in [-0.4, -0.2) is 37.3 Å². The summed E-state index contributed by atoms with van der Waals surface area (Å²) in [5.41, 5.74) is 0. The van der Waals surface area contributed by atoms with Gasteiger partial charge in [0.05, 0.1) is 19.8 Å². The number of nitrogens with one attached hydrogen (secondary N) is 1. The Bertz CT molecular complexity index is 252. The molecule has 1 rings (SSSR count). The number of ether oxygens (including phenoxy) is 2. The summed E-state index contributed by atoms with van der Waals surface area (Å²) in [5.74, 6) is -0.157. The van der Waals surface area contributed by atoms with E-state index in [1.54, 1.807) is 0 Å². The number of carbonyl (C=O) groups excluding carboxylic acids is 1. The summed E-state index contributed by atoms with van der Waals surface area (Å²) < 4.78 is 10.4. The Labute approximate surface area is 107 Å². The number of rotatable bonds is 7. The Morgan fingerprint density at radius 2 is 2.18 bits per heavy atom. The van der Waals surface area contributed by atoms with Gasteiger partial charge in [0.2, 0.25) is 5.91 Å². The van der Waals surface area contributed by atoms with Gasteiger partial charge in [0, 0.05) is 0 Å². The summed E-state index contributed by atoms with van der Waals surface area (Å²) in [6.45, 7) is 3.62. The monoisotopic (exact) mass is 261 g/mol. The molecule has 0 aromatic carbocycles. The molecule has 0 bridgehead atoms. The molecule has 1 N–H and O–H groups in total. The standard InChI is InChI=1S/C12H20ClNO3/c1-2-3-4-5-6-10(13)12(15)14-9-11-16-7-8-17-11/h3-4,10-11H,2,5-9H2,1H3,(H,14,15). The molecule has 0 aliphatic carbocycles. The lowest BCUT2D eigenvalue weighted by Gasteiger charge is -2.12. The van der Waals surface area contributed by atoms with Gasteiger partial charge in [-0.3, -0.25) is 4.79 Å². The van der Waals surface area contributed by atoms with Crippen molar-refractivity contribution in [1.82, 2.24) is 5.32 Å². The van der Waals surface area contributed by atoms with Crippen LogP contribution in [0.3, 0.4) is 0 Å². The molecule has 5 heteroatoms. The normalized spacial score (nSPS) is 18.7. The van der Waals surface area contributed by atoms with Gasteiger partial charge in [-0.2, -0.15) is 0 Å². The molecule has 0 radical (unpaired) electrons. The Kier molecular flexibility index (Phi) is 7.24. The van der Waals surface area contributed by atoms with Gasteiger partial charge in [0.1, 0.15) is 5.38 Å². The zero-order valence-electron chi connectivity index (χ0n) is 10.2. The molecule has 0 saturated carbocycles. The molecule has 0 aromatic heterocycles. The topological polar surface area (TPSA) is 47.6 Å². The van der Waals surface area contributed by atoms with Gasteiger partial charge in [0.15, 0.2) is 6.29 Å². The van der Waals surface area contributed by atoms with Crippen molar-refractivity contribution in [2.24, 2.45) is 0 Å². The first-order chi connectivity index (χ1) is 8.24. The van der Waals surface area contributed by atoms with Crippen molar-refractivity contribution in [1.29, 1.82) is 0 Å². The highest BCUT2D eigenvalue weighted by molar-refractivity contribution is 6.30. The fraction of sp³-hybridized carbons (Fsp3) is 0.750. The van der Waals surface area contributed by atoms with Crippen LogP contribution in [0.2, 0.25) is 0 Å². The molecule has 1 aliphatic heterocycles. The first-order valence-electron chi connectivity index (χ1n) is 6.04. The third-order valence-corrected chi connectivity index (χ3v) is 2.82. The minimum atomic E-state index is -0.488. The number of carbonyl (C=O) groups is 1. The van der Waals surface area contributed by atoms with Crippen LogP contribution in [0.4, 0.5) is 0 Å². The third kappa shape index (κ3) is 6.05. The van der Waals surface area contributed by atoms with E-state index in [2.05, 4.69) is 18.3 Å². The van der Waals surface area contributed by atoms with E-state index in [0.717, 1.165) is 12.8 Å². The number of alkyl halides is 1. The number of halogens is 1. The van der Waals surface area contributed by atoms with Crippen LogP contribution in [0.5, 0.6) is 0 Å². The van der Waals surface area contributed by atoms with Gasteiger partial charge in [-0.25, -0.2) is 0 Å². The molecule has 1 amide bonds. The van der Waals surface area contributed by atoms with Crippen molar-refractivity contribution in [2.45, 2.75) is 37.9 Å². The van der Waals surface area contributed by atoms with Crippen LogP contribution >= 0.6 is 11.6 Å². The fourth-order valence-corrected chi connectivity index (χ4v) is 1.68. The molecule has 4 nitrogen and oxygen atoms in total. The van der Waals surface area contributed by atoms with Gasteiger partial charge in [-0.1, -0.05) is 19.1 Å². The molecule has 17 heavy (non-hydrogen) atoms. The molecular weight excluding hydrogens is 242 g/mol. The molecule has 98 valence electrons. The van der Waals surface area contributed by atoms with E-state index >= 15 is 0 Å². The van der Waals surface area contributed by atoms with E-state index in [4.69, 9.17) is 21.1 Å². The van der Waals surface area contributed by atoms with Gasteiger partial charge < -0.3 is 14.8 Å². The maximum absolute atomic E-state index is 11.6. The first-order valence-corrected chi connectivity index (χ1v) is 6.47. The van der Waals surface area contributed by atoms with E-state index in [0.29, 0.717) is 26.2 Å². The second-order valence-electron chi connectivity index (χ2n) is 3.84. The van der Waals surface area contributed by atoms with Crippen molar-refractivity contribution < 1.29 is 14.3 Å². The average molecular weight is 262 g/mol. The summed E-state index contributed by atoms with van der Waals surface area (Å²) in [4.78, 5) is 11.6. The molecule has 1 fully saturated rings. The van der Waals surface area contributed by atoms with Crippen LogP contribution in [-0.2, 0) is 14.3 Å². The SMILES string of the molecule is CCC=CCCC(Cl)C(=O)NCC1OCCO1. The van der Waals surface area contributed by atoms with Crippen molar-refractivity contribution in [3.05, 3.63) is 12.2 Å². The van der Waals surface area contributed by atoms with Crippen molar-refractivity contribution in [3.8, 4) is 0 Å².